The monoisotopic (exact) mass is 235 g/mol. The number of ether oxygens (including phenoxy) is 1. The maximum Gasteiger partial charge on any atom is 0.312 e. The smallest absolute Gasteiger partial charge is 0.312 e. The zero-order valence-corrected chi connectivity index (χ0v) is 9.89. The van der Waals surface area contributed by atoms with Crippen LogP contribution in [0.4, 0.5) is 0 Å². The maximum absolute atomic E-state index is 11.8. The first-order chi connectivity index (χ1) is 8.17. The molecule has 0 N–H and O–H groups in total. The van der Waals surface area contributed by atoms with E-state index in [0.29, 0.717) is 11.3 Å². The van der Waals surface area contributed by atoms with Crippen LogP contribution in [0, 0.1) is 0 Å². The van der Waals surface area contributed by atoms with Crippen LogP contribution in [0.5, 0.6) is 5.75 Å². The van der Waals surface area contributed by atoms with Crippen molar-refractivity contribution < 1.29 is 18.8 Å². The summed E-state index contributed by atoms with van der Waals surface area (Å²) in [5.41, 5.74) is 0.558. The number of methoxy groups -OCH3 is 1. The number of hydroxylamine groups is 2. The lowest BCUT2D eigenvalue weighted by Crippen LogP contribution is -2.24. The Hall–Kier alpha value is -2.01. The molecule has 0 atom stereocenters. The van der Waals surface area contributed by atoms with E-state index in [9.17, 15) is 4.79 Å². The fraction of sp³-hybridized carbons (Fsp3) is 0.250. The van der Waals surface area contributed by atoms with Crippen molar-refractivity contribution in [3.63, 3.8) is 0 Å². The molecular formula is C12H13NO4. The van der Waals surface area contributed by atoms with E-state index in [2.05, 4.69) is 0 Å². The largest absolute Gasteiger partial charge is 0.493 e. The number of carbonyl (C=O) groups is 1. The van der Waals surface area contributed by atoms with E-state index in [1.807, 2.05) is 12.1 Å². The summed E-state index contributed by atoms with van der Waals surface area (Å²) in [7, 11) is 4.49. The molecule has 0 aliphatic carbocycles. The summed E-state index contributed by atoms with van der Waals surface area (Å²) in [5, 5.41) is 1.92. The highest BCUT2D eigenvalue weighted by molar-refractivity contribution is 5.96. The minimum absolute atomic E-state index is 0.217. The summed E-state index contributed by atoms with van der Waals surface area (Å²) in [6, 6.07) is 7.13. The minimum Gasteiger partial charge on any atom is -0.493 e. The molecule has 0 saturated carbocycles. The average Bonchev–Trinajstić information content (AvgIpc) is 2.80. The molecule has 0 fully saturated rings. The molecule has 0 radical (unpaired) electrons. The first kappa shape index (κ1) is 11.5. The van der Waals surface area contributed by atoms with Gasteiger partial charge in [-0.3, -0.25) is 9.63 Å². The number of rotatable bonds is 3. The Morgan fingerprint density at radius 1 is 1.35 bits per heavy atom. The normalized spacial score (nSPS) is 10.5. The highest BCUT2D eigenvalue weighted by atomic mass is 16.7. The molecule has 1 heterocycles. The van der Waals surface area contributed by atoms with Crippen LogP contribution in [0.3, 0.4) is 0 Å². The topological polar surface area (TPSA) is 51.9 Å². The number of carbonyl (C=O) groups excluding carboxylic acids is 1. The molecule has 5 heteroatoms. The third kappa shape index (κ3) is 1.97. The predicted molar refractivity (Wildman–Crippen MR) is 61.9 cm³/mol. The van der Waals surface area contributed by atoms with Gasteiger partial charge in [0.15, 0.2) is 17.1 Å². The van der Waals surface area contributed by atoms with Crippen molar-refractivity contribution in [2.24, 2.45) is 0 Å². The second kappa shape index (κ2) is 4.47. The lowest BCUT2D eigenvalue weighted by molar-refractivity contribution is -0.0772. The van der Waals surface area contributed by atoms with E-state index in [1.165, 1.54) is 14.2 Å². The van der Waals surface area contributed by atoms with Gasteiger partial charge in [-0.25, -0.2) is 5.06 Å². The van der Waals surface area contributed by atoms with Crippen molar-refractivity contribution in [3.05, 3.63) is 30.0 Å². The van der Waals surface area contributed by atoms with Crippen LogP contribution in [0.1, 0.15) is 10.6 Å². The Kier molecular flexibility index (Phi) is 3.01. The van der Waals surface area contributed by atoms with Gasteiger partial charge in [-0.15, -0.1) is 0 Å². The molecule has 1 aromatic carbocycles. The fourth-order valence-electron chi connectivity index (χ4n) is 1.54. The van der Waals surface area contributed by atoms with Crippen LogP contribution in [0.15, 0.2) is 28.7 Å². The lowest BCUT2D eigenvalue weighted by atomic mass is 10.2. The molecule has 0 saturated heterocycles. The number of para-hydroxylation sites is 1. The van der Waals surface area contributed by atoms with Crippen molar-refractivity contribution in [2.45, 2.75) is 0 Å². The van der Waals surface area contributed by atoms with Gasteiger partial charge in [-0.05, 0) is 12.1 Å². The predicted octanol–water partition coefficient (Wildman–Crippen LogP) is 2.07. The molecule has 0 spiro atoms. The molecule has 1 amide bonds. The lowest BCUT2D eigenvalue weighted by Gasteiger charge is -2.10. The van der Waals surface area contributed by atoms with Gasteiger partial charge in [0, 0.05) is 12.4 Å². The average molecular weight is 235 g/mol. The first-order valence-electron chi connectivity index (χ1n) is 5.06. The molecule has 0 aliphatic rings. The molecule has 90 valence electrons. The van der Waals surface area contributed by atoms with Gasteiger partial charge in [0.1, 0.15) is 0 Å². The van der Waals surface area contributed by atoms with Crippen LogP contribution in [0.2, 0.25) is 0 Å². The van der Waals surface area contributed by atoms with Crippen LogP contribution in [-0.2, 0) is 4.84 Å². The van der Waals surface area contributed by atoms with Gasteiger partial charge >= 0.3 is 5.91 Å². The molecule has 0 aliphatic heterocycles. The zero-order valence-electron chi connectivity index (χ0n) is 9.89. The minimum atomic E-state index is -0.342. The quantitative estimate of drug-likeness (QED) is 0.764. The number of nitrogens with zero attached hydrogens (tertiary/aromatic N) is 1. The van der Waals surface area contributed by atoms with Crippen molar-refractivity contribution >= 4 is 16.9 Å². The van der Waals surface area contributed by atoms with Crippen LogP contribution in [-0.4, -0.2) is 32.2 Å². The maximum atomic E-state index is 11.8. The van der Waals surface area contributed by atoms with Crippen LogP contribution >= 0.6 is 0 Å². The first-order valence-corrected chi connectivity index (χ1v) is 5.06. The van der Waals surface area contributed by atoms with E-state index < -0.39 is 0 Å². The third-order valence-electron chi connectivity index (χ3n) is 2.50. The van der Waals surface area contributed by atoms with Crippen molar-refractivity contribution in [3.8, 4) is 5.75 Å². The van der Waals surface area contributed by atoms with Gasteiger partial charge < -0.3 is 9.15 Å². The molecular weight excluding hydrogens is 222 g/mol. The SMILES string of the molecule is COc1cccc2cc(C(=O)N(C)OC)oc12. The second-order valence-corrected chi connectivity index (χ2v) is 3.47. The molecule has 2 aromatic rings. The van der Waals surface area contributed by atoms with Gasteiger partial charge in [-0.1, -0.05) is 12.1 Å². The van der Waals surface area contributed by atoms with Gasteiger partial charge in [0.2, 0.25) is 0 Å². The number of benzene rings is 1. The molecule has 2 rings (SSSR count). The molecule has 0 unspecified atom stereocenters. The number of hydrogen-bond acceptors (Lipinski definition) is 4. The molecule has 0 bridgehead atoms. The Bertz CT molecular complexity index is 546. The molecule has 1 aromatic heterocycles. The van der Waals surface area contributed by atoms with E-state index in [0.717, 1.165) is 10.4 Å². The van der Waals surface area contributed by atoms with Crippen molar-refractivity contribution in [1.82, 2.24) is 5.06 Å². The number of hydrogen-bond donors (Lipinski definition) is 0. The number of fused-ring (bicyclic) bond motifs is 1. The van der Waals surface area contributed by atoms with Crippen LogP contribution in [0.25, 0.3) is 11.0 Å². The van der Waals surface area contributed by atoms with Crippen LogP contribution < -0.4 is 4.74 Å². The number of furan rings is 1. The van der Waals surface area contributed by atoms with E-state index >= 15 is 0 Å². The number of amides is 1. The van der Waals surface area contributed by atoms with E-state index in [4.69, 9.17) is 14.0 Å². The fourth-order valence-corrected chi connectivity index (χ4v) is 1.54. The van der Waals surface area contributed by atoms with Gasteiger partial charge in [0.25, 0.3) is 0 Å². The van der Waals surface area contributed by atoms with E-state index in [-0.39, 0.29) is 11.7 Å². The summed E-state index contributed by atoms with van der Waals surface area (Å²) in [6.07, 6.45) is 0. The Balaban J connectivity index is 2.48. The highest BCUT2D eigenvalue weighted by Crippen LogP contribution is 2.28. The highest BCUT2D eigenvalue weighted by Gasteiger charge is 2.18. The molecule has 17 heavy (non-hydrogen) atoms. The second-order valence-electron chi connectivity index (χ2n) is 3.47. The summed E-state index contributed by atoms with van der Waals surface area (Å²) in [5.74, 6) is 0.473. The summed E-state index contributed by atoms with van der Waals surface area (Å²) in [6.45, 7) is 0. The van der Waals surface area contributed by atoms with Gasteiger partial charge in [0.05, 0.1) is 14.2 Å². The van der Waals surface area contributed by atoms with Gasteiger partial charge in [-0.2, -0.15) is 0 Å². The standard InChI is InChI=1S/C12H13NO4/c1-13(16-3)12(14)10-7-8-5-4-6-9(15-2)11(8)17-10/h4-7H,1-3H3. The van der Waals surface area contributed by atoms with Crippen molar-refractivity contribution in [1.29, 1.82) is 0 Å². The zero-order chi connectivity index (χ0) is 12.4. The molecule has 5 nitrogen and oxygen atoms in total. The Morgan fingerprint density at radius 3 is 2.76 bits per heavy atom. The Labute approximate surface area is 98.5 Å². The summed E-state index contributed by atoms with van der Waals surface area (Å²) >= 11 is 0. The van der Waals surface area contributed by atoms with E-state index in [1.54, 1.807) is 19.2 Å². The summed E-state index contributed by atoms with van der Waals surface area (Å²) in [4.78, 5) is 16.6. The Morgan fingerprint density at radius 2 is 2.12 bits per heavy atom. The van der Waals surface area contributed by atoms with Crippen molar-refractivity contribution in [2.75, 3.05) is 21.3 Å². The summed E-state index contributed by atoms with van der Waals surface area (Å²) < 4.78 is 10.6. The third-order valence-corrected chi connectivity index (χ3v) is 2.50.